The molecule has 1 aromatic rings. The van der Waals surface area contributed by atoms with Gasteiger partial charge in [0.25, 0.3) is 0 Å². The largest absolute Gasteiger partial charge is 2.00 e. The Morgan fingerprint density at radius 2 is 1.03 bits per heavy atom. The van der Waals surface area contributed by atoms with Crippen LogP contribution < -0.4 is 0 Å². The van der Waals surface area contributed by atoms with Gasteiger partial charge in [0, 0.05) is 6.42 Å². The first-order valence-electron chi connectivity index (χ1n) is 11.8. The topological polar surface area (TPSA) is 112 Å². The minimum atomic E-state index is -1.06. The van der Waals surface area contributed by atoms with Gasteiger partial charge in [0.1, 0.15) is 0 Å². The molecule has 7 heteroatoms. The molecule has 0 aliphatic heterocycles. The van der Waals surface area contributed by atoms with E-state index < -0.39 is 17.9 Å². The minimum absolute atomic E-state index is 0. The number of rotatable bonds is 17. The molecule has 0 spiro atoms. The van der Waals surface area contributed by atoms with Crippen molar-refractivity contribution in [3.05, 3.63) is 47.5 Å². The smallest absolute Gasteiger partial charge is 1.00 e. The Bertz CT molecular complexity index is 648. The Labute approximate surface area is 231 Å². The quantitative estimate of drug-likeness (QED) is 0.123. The van der Waals surface area contributed by atoms with E-state index in [0.29, 0.717) is 6.42 Å². The molecule has 0 aromatic heterocycles. The van der Waals surface area contributed by atoms with E-state index in [1.54, 1.807) is 0 Å². The van der Waals surface area contributed by atoms with E-state index in [0.717, 1.165) is 12.8 Å². The van der Waals surface area contributed by atoms with E-state index in [2.05, 4.69) is 19.1 Å². The third kappa shape index (κ3) is 22.2. The molecule has 184 valence electrons. The molecule has 3 N–H and O–H groups in total. The minimum Gasteiger partial charge on any atom is -1.00 e. The maximum Gasteiger partial charge on any atom is 2.00 e. The van der Waals surface area contributed by atoms with Crippen molar-refractivity contribution in [1.29, 1.82) is 0 Å². The predicted octanol–water partition coefficient (Wildman–Crippen LogP) is 7.04. The summed E-state index contributed by atoms with van der Waals surface area (Å²) in [6.45, 7) is 2.26. The number of hydrogen-bond donors (Lipinski definition) is 3. The van der Waals surface area contributed by atoms with Crippen molar-refractivity contribution in [1.82, 2.24) is 0 Å². The van der Waals surface area contributed by atoms with Crippen molar-refractivity contribution >= 4 is 55.6 Å². The average molecular weight is 491 g/mol. The molecule has 0 aliphatic carbocycles. The zero-order valence-electron chi connectivity index (χ0n) is 22.1. The van der Waals surface area contributed by atoms with Gasteiger partial charge in [0.15, 0.2) is 0 Å². The molecular weight excluding hydrogens is 448 g/mol. The van der Waals surface area contributed by atoms with Crippen LogP contribution in [0, 0.1) is 0 Å². The molecule has 0 radical (unpaired) electrons. The Kier molecular flexibility index (Phi) is 24.4. The average Bonchev–Trinajstić information content (AvgIpc) is 2.76. The second-order valence-corrected chi connectivity index (χ2v) is 7.92. The first-order chi connectivity index (χ1) is 15.4. The van der Waals surface area contributed by atoms with Gasteiger partial charge in [0.2, 0.25) is 0 Å². The van der Waals surface area contributed by atoms with Crippen LogP contribution in [-0.4, -0.2) is 71.0 Å². The third-order valence-electron chi connectivity index (χ3n) is 5.03. The van der Waals surface area contributed by atoms with E-state index in [1.807, 2.05) is 0 Å². The number of allylic oxidation sites excluding steroid dienone is 2. The Balaban J connectivity index is -0.000000277. The SMILES string of the molecule is CCCCCCCC/C=C\CCCCCCCC(=O)O.O=C(O)c1ccc(C(=O)O)cc1.[Ca+2].[H-].[H-]. The van der Waals surface area contributed by atoms with Crippen molar-refractivity contribution in [2.75, 3.05) is 0 Å². The Hall–Kier alpha value is -1.37. The fraction of sp³-hybridized carbons (Fsp3) is 0.577. The van der Waals surface area contributed by atoms with Crippen LogP contribution in [0.1, 0.15) is 120 Å². The van der Waals surface area contributed by atoms with Crippen LogP contribution >= 0.6 is 0 Å². The summed E-state index contributed by atoms with van der Waals surface area (Å²) >= 11 is 0. The number of hydrogen-bond acceptors (Lipinski definition) is 3. The zero-order chi connectivity index (χ0) is 24.0. The number of carbonyl (C=O) groups is 3. The molecule has 1 rings (SSSR count). The van der Waals surface area contributed by atoms with Gasteiger partial charge in [-0.3, -0.25) is 4.79 Å². The number of aromatic carboxylic acids is 2. The maximum atomic E-state index is 10.3. The first-order valence-corrected chi connectivity index (χ1v) is 11.8. The fourth-order valence-electron chi connectivity index (χ4n) is 3.10. The summed E-state index contributed by atoms with van der Waals surface area (Å²) in [5, 5.41) is 25.4. The van der Waals surface area contributed by atoms with E-state index in [4.69, 9.17) is 15.3 Å². The van der Waals surface area contributed by atoms with Gasteiger partial charge in [-0.1, -0.05) is 70.4 Å². The van der Waals surface area contributed by atoms with Gasteiger partial charge < -0.3 is 18.2 Å². The molecule has 0 fully saturated rings. The van der Waals surface area contributed by atoms with Crippen molar-refractivity contribution in [2.24, 2.45) is 0 Å². The fourth-order valence-corrected chi connectivity index (χ4v) is 3.10. The molecule has 1 aromatic carbocycles. The molecule has 0 aliphatic rings. The zero-order valence-corrected chi connectivity index (χ0v) is 22.3. The summed E-state index contributed by atoms with van der Waals surface area (Å²) in [4.78, 5) is 31.0. The molecule has 0 amide bonds. The van der Waals surface area contributed by atoms with Crippen LogP contribution in [0.15, 0.2) is 36.4 Å². The molecule has 6 nitrogen and oxygen atoms in total. The molecule has 0 heterocycles. The van der Waals surface area contributed by atoms with Crippen LogP contribution in [0.4, 0.5) is 0 Å². The summed E-state index contributed by atoms with van der Waals surface area (Å²) in [5.41, 5.74) is 0.167. The van der Waals surface area contributed by atoms with Crippen LogP contribution in [-0.2, 0) is 4.79 Å². The molecule has 33 heavy (non-hydrogen) atoms. The number of carboxylic acid groups (broad SMARTS) is 3. The van der Waals surface area contributed by atoms with Gasteiger partial charge in [-0.05, 0) is 56.4 Å². The van der Waals surface area contributed by atoms with Crippen molar-refractivity contribution in [3.63, 3.8) is 0 Å². The van der Waals surface area contributed by atoms with E-state index in [9.17, 15) is 14.4 Å². The summed E-state index contributed by atoms with van der Waals surface area (Å²) in [5.74, 6) is -2.79. The van der Waals surface area contributed by atoms with Crippen LogP contribution in [0.25, 0.3) is 0 Å². The number of carboxylic acids is 3. The summed E-state index contributed by atoms with van der Waals surface area (Å²) in [7, 11) is 0. The van der Waals surface area contributed by atoms with Crippen LogP contribution in [0.5, 0.6) is 0 Å². The van der Waals surface area contributed by atoms with E-state index in [1.165, 1.54) is 94.9 Å². The van der Waals surface area contributed by atoms with E-state index in [-0.39, 0.29) is 51.7 Å². The van der Waals surface area contributed by atoms with Crippen molar-refractivity contribution < 1.29 is 32.6 Å². The predicted molar refractivity (Wildman–Crippen MR) is 135 cm³/mol. The summed E-state index contributed by atoms with van der Waals surface area (Å²) in [6.07, 6.45) is 21.2. The number of aliphatic carboxylic acids is 1. The van der Waals surface area contributed by atoms with Crippen molar-refractivity contribution in [2.45, 2.75) is 96.8 Å². The van der Waals surface area contributed by atoms with E-state index >= 15 is 0 Å². The second kappa shape index (κ2) is 23.8. The van der Waals surface area contributed by atoms with Gasteiger partial charge in [-0.15, -0.1) is 0 Å². The monoisotopic (exact) mass is 490 g/mol. The van der Waals surface area contributed by atoms with Gasteiger partial charge >= 0.3 is 55.6 Å². The van der Waals surface area contributed by atoms with Crippen molar-refractivity contribution in [3.8, 4) is 0 Å². The number of unbranched alkanes of at least 4 members (excludes halogenated alkanes) is 11. The van der Waals surface area contributed by atoms with Gasteiger partial charge in [-0.2, -0.15) is 0 Å². The molecule has 0 saturated heterocycles. The molecule has 0 unspecified atom stereocenters. The molecular formula is C26H42CaO6. The number of benzene rings is 1. The summed E-state index contributed by atoms with van der Waals surface area (Å²) in [6, 6.07) is 5.02. The van der Waals surface area contributed by atoms with Gasteiger partial charge in [0.05, 0.1) is 11.1 Å². The first kappa shape index (κ1) is 33.8. The molecule has 0 bridgehead atoms. The van der Waals surface area contributed by atoms with Crippen LogP contribution in [0.3, 0.4) is 0 Å². The molecule has 0 atom stereocenters. The standard InChI is InChI=1S/C18H34O2.C8H6O4.Ca.2H/c1-2-3-4-5-6-7-8-9-10-11-12-13-14-15-16-17-18(19)20;9-7(10)5-1-2-6(4-3-5)8(11)12;;;/h9-10H,2-8,11-17H2,1H3,(H,19,20);1-4H,(H,9,10)(H,11,12);;;/q;;+2;2*-1/b10-9-;;;;. The second-order valence-electron chi connectivity index (χ2n) is 7.92. The third-order valence-corrected chi connectivity index (χ3v) is 5.03. The normalized spacial score (nSPS) is 10.2. The van der Waals surface area contributed by atoms with Crippen LogP contribution in [0.2, 0.25) is 0 Å². The summed E-state index contributed by atoms with van der Waals surface area (Å²) < 4.78 is 0. The molecule has 0 saturated carbocycles. The van der Waals surface area contributed by atoms with Gasteiger partial charge in [-0.25, -0.2) is 9.59 Å². The maximum absolute atomic E-state index is 10.3. The Morgan fingerprint density at radius 3 is 1.39 bits per heavy atom. The Morgan fingerprint density at radius 1 is 0.667 bits per heavy atom.